The average Bonchev–Trinajstić information content (AvgIpc) is 3.68. The molecule has 1 aromatic heterocycles. The van der Waals surface area contributed by atoms with Crippen molar-refractivity contribution < 1.29 is 9.90 Å². The Hall–Kier alpha value is -7.16. The van der Waals surface area contributed by atoms with Gasteiger partial charge in [-0.15, -0.1) is 0 Å². The molecule has 0 bridgehead atoms. The highest BCUT2D eigenvalue weighted by Gasteiger charge is 2.21. The Morgan fingerprint density at radius 2 is 0.926 bits per heavy atom. The van der Waals surface area contributed by atoms with Gasteiger partial charge in [-0.05, 0) is 86.7 Å². The molecule has 0 N–H and O–H groups in total. The van der Waals surface area contributed by atoms with Crippen LogP contribution in [0.4, 0.5) is 17.1 Å². The topological polar surface area (TPSA) is 16.4 Å². The van der Waals surface area contributed by atoms with Crippen molar-refractivity contribution in [3.63, 3.8) is 0 Å². The Morgan fingerprint density at radius 1 is 0.370 bits per heavy atom. The number of nitrogens with zero attached hydrogens (tertiary/aromatic N) is 1. The summed E-state index contributed by atoms with van der Waals surface area (Å²) in [5.41, 5.74) is 10.2. The van der Waals surface area contributed by atoms with Crippen molar-refractivity contribution >= 4 is 49.8 Å². The van der Waals surface area contributed by atoms with E-state index < -0.39 is 0 Å². The smallest absolute Gasteiger partial charge is 0.143 e. The molecule has 0 saturated heterocycles. The number of rotatable bonds is 7. The molecule has 254 valence electrons. The van der Waals surface area contributed by atoms with Crippen molar-refractivity contribution in [2.45, 2.75) is 0 Å². The first-order chi connectivity index (χ1) is 28.5. The Bertz CT molecular complexity index is 3110. The molecule has 0 unspecified atom stereocenters. The Labute approximate surface area is 320 Å². The molecule has 0 aliphatic carbocycles. The highest BCUT2D eigenvalue weighted by atomic mass is 16.3. The fraction of sp³-hybridized carbons (Fsp3) is 0. The molecule has 0 radical (unpaired) electrons. The summed E-state index contributed by atoms with van der Waals surface area (Å²) in [7, 11) is 0. The van der Waals surface area contributed by atoms with E-state index in [-0.39, 0.29) is 35.4 Å². The zero-order valence-corrected chi connectivity index (χ0v) is 29.3. The second-order valence-electron chi connectivity index (χ2n) is 13.4. The van der Waals surface area contributed by atoms with Crippen molar-refractivity contribution in [2.24, 2.45) is 0 Å². The van der Waals surface area contributed by atoms with Gasteiger partial charge in [-0.25, -0.2) is 0 Å². The van der Waals surface area contributed by atoms with Gasteiger partial charge in [0.15, 0.2) is 0 Å². The lowest BCUT2D eigenvalue weighted by atomic mass is 9.96. The highest BCUT2D eigenvalue weighted by molar-refractivity contribution is 6.19. The minimum atomic E-state index is -0.131. The lowest BCUT2D eigenvalue weighted by Gasteiger charge is -2.28. The molecule has 54 heavy (non-hydrogen) atoms. The van der Waals surface area contributed by atoms with Gasteiger partial charge in [0.25, 0.3) is 0 Å². The van der Waals surface area contributed by atoms with E-state index in [0.717, 1.165) is 66.1 Å². The van der Waals surface area contributed by atoms with Crippen LogP contribution in [-0.2, 0) is 0 Å². The number of anilines is 3. The van der Waals surface area contributed by atoms with Crippen molar-refractivity contribution in [1.29, 1.82) is 0 Å². The first-order valence-electron chi connectivity index (χ1n) is 20.1. The van der Waals surface area contributed by atoms with Crippen LogP contribution in [0.2, 0.25) is 0 Å². The number of hydrogen-bond acceptors (Lipinski definition) is 2. The third-order valence-electron chi connectivity index (χ3n) is 10.2. The Morgan fingerprint density at radius 3 is 1.63 bits per heavy atom. The molecule has 9 aromatic carbocycles. The fourth-order valence-corrected chi connectivity index (χ4v) is 7.52. The van der Waals surface area contributed by atoms with E-state index >= 15 is 0 Å². The van der Waals surface area contributed by atoms with Crippen LogP contribution in [0.3, 0.4) is 0 Å². The number of fused-ring (bicyclic) bond motifs is 5. The first-order valence-corrected chi connectivity index (χ1v) is 18.1. The van der Waals surface area contributed by atoms with E-state index in [0.29, 0.717) is 16.9 Å². The maximum Gasteiger partial charge on any atom is 0.143 e. The zero-order valence-electron chi connectivity index (χ0n) is 33.3. The molecule has 1 heterocycles. The van der Waals surface area contributed by atoms with E-state index in [4.69, 9.17) is 4.42 Å². The summed E-state index contributed by atoms with van der Waals surface area (Å²) in [5, 5.41) is 4.09. The minimum absolute atomic E-state index is 0.102. The fourth-order valence-electron chi connectivity index (χ4n) is 7.52. The van der Waals surface area contributed by atoms with Crippen molar-refractivity contribution in [1.82, 2.24) is 0 Å². The Kier molecular flexibility index (Phi) is 6.84. The van der Waals surface area contributed by atoms with Crippen LogP contribution in [0, 0.1) is 0 Å². The van der Waals surface area contributed by atoms with Crippen LogP contribution in [0.15, 0.2) is 217 Å². The summed E-state index contributed by atoms with van der Waals surface area (Å²) in [6.07, 6.45) is 0. The van der Waals surface area contributed by atoms with E-state index in [1.54, 1.807) is 0 Å². The first kappa shape index (κ1) is 27.5. The molecule has 0 aliphatic heterocycles. The van der Waals surface area contributed by atoms with Crippen molar-refractivity contribution in [3.8, 4) is 44.5 Å². The van der Waals surface area contributed by atoms with E-state index in [1.807, 2.05) is 120 Å². The van der Waals surface area contributed by atoms with Crippen molar-refractivity contribution in [3.05, 3.63) is 212 Å². The van der Waals surface area contributed by atoms with Crippen LogP contribution in [0.25, 0.3) is 77.2 Å². The second-order valence-corrected chi connectivity index (χ2v) is 13.4. The van der Waals surface area contributed by atoms with Gasteiger partial charge in [0.2, 0.25) is 0 Å². The molecule has 0 fully saturated rings. The van der Waals surface area contributed by atoms with Gasteiger partial charge in [-0.3, -0.25) is 0 Å². The molecular weight excluding hydrogens is 655 g/mol. The number of furan rings is 1. The molecule has 2 heteroatoms. The summed E-state index contributed by atoms with van der Waals surface area (Å²) in [6.45, 7) is 0. The SMILES string of the molecule is [2H]c1c([2H])c(N(c2ccc(-c3ccc(-c4ccccc4)cc3)cc2)c2ccccc2-c2cccc3oc4c5ccccc5ccc4c23)c([2H])c([2H])c1-c1ccccc1. The number of benzene rings is 9. The maximum absolute atomic E-state index is 9.54. The van der Waals surface area contributed by atoms with Gasteiger partial charge >= 0.3 is 0 Å². The molecule has 0 aliphatic rings. The minimum Gasteiger partial charge on any atom is -0.455 e. The molecule has 0 atom stereocenters. The lowest BCUT2D eigenvalue weighted by molar-refractivity contribution is 0.673. The normalized spacial score (nSPS) is 12.4. The van der Waals surface area contributed by atoms with Gasteiger partial charge in [-0.1, -0.05) is 170 Å². The van der Waals surface area contributed by atoms with E-state index in [1.165, 1.54) is 0 Å². The second kappa shape index (κ2) is 13.4. The summed E-state index contributed by atoms with van der Waals surface area (Å²) >= 11 is 0. The van der Waals surface area contributed by atoms with Crippen LogP contribution >= 0.6 is 0 Å². The van der Waals surface area contributed by atoms with E-state index in [2.05, 4.69) is 72.8 Å². The quantitative estimate of drug-likeness (QED) is 0.165. The van der Waals surface area contributed by atoms with Crippen LogP contribution in [-0.4, -0.2) is 0 Å². The molecular formula is C52H35NO. The van der Waals surface area contributed by atoms with Crippen LogP contribution < -0.4 is 4.90 Å². The van der Waals surface area contributed by atoms with Crippen LogP contribution in [0.1, 0.15) is 5.48 Å². The van der Waals surface area contributed by atoms with Gasteiger partial charge in [0, 0.05) is 33.1 Å². The van der Waals surface area contributed by atoms with Gasteiger partial charge in [0.1, 0.15) is 11.2 Å². The van der Waals surface area contributed by atoms with Gasteiger partial charge < -0.3 is 9.32 Å². The molecule has 2 nitrogen and oxygen atoms in total. The summed E-state index contributed by atoms with van der Waals surface area (Å²) in [6, 6.07) is 62.1. The molecule has 10 rings (SSSR count). The molecule has 0 saturated carbocycles. The van der Waals surface area contributed by atoms with Gasteiger partial charge in [0.05, 0.1) is 11.2 Å². The third kappa shape index (κ3) is 5.62. The Balaban J connectivity index is 1.17. The predicted molar refractivity (Wildman–Crippen MR) is 228 cm³/mol. The van der Waals surface area contributed by atoms with Crippen molar-refractivity contribution in [2.75, 3.05) is 4.90 Å². The zero-order chi connectivity index (χ0) is 39.3. The standard InChI is InChI=1S/C52H35NO/c1-3-12-36(13-4-1)38-22-24-39(25-23-38)41-28-33-44(34-29-41)53(43-31-26-40(27-32-43)37-14-5-2-6-15-37)49-20-10-9-18-46(49)47-19-11-21-50-51(47)48-35-30-42-16-7-8-17-45(42)52(48)54-50/h1-35H/i26D,27D,31D,32D. The summed E-state index contributed by atoms with van der Waals surface area (Å²) < 4.78 is 44.2. The van der Waals surface area contributed by atoms with Gasteiger partial charge in [-0.2, -0.15) is 0 Å². The third-order valence-corrected chi connectivity index (χ3v) is 10.2. The monoisotopic (exact) mass is 693 g/mol. The predicted octanol–water partition coefficient (Wildman–Crippen LogP) is 14.9. The lowest BCUT2D eigenvalue weighted by Crippen LogP contribution is -2.11. The maximum atomic E-state index is 9.54. The number of para-hydroxylation sites is 1. The number of hydrogen-bond donors (Lipinski definition) is 0. The molecule has 0 spiro atoms. The molecule has 10 aromatic rings. The summed E-state index contributed by atoms with van der Waals surface area (Å²) in [5.74, 6) is 0. The van der Waals surface area contributed by atoms with Crippen LogP contribution in [0.5, 0.6) is 0 Å². The highest BCUT2D eigenvalue weighted by Crippen LogP contribution is 2.46. The summed E-state index contributed by atoms with van der Waals surface area (Å²) in [4.78, 5) is 1.88. The van der Waals surface area contributed by atoms with E-state index in [9.17, 15) is 5.48 Å². The average molecular weight is 694 g/mol. The largest absolute Gasteiger partial charge is 0.455 e. The molecule has 0 amide bonds.